The third kappa shape index (κ3) is 18.6. The highest BCUT2D eigenvalue weighted by Gasteiger charge is 2.37. The molecule has 1 atom stereocenters. The lowest BCUT2D eigenvalue weighted by atomic mass is 10.0. The van der Waals surface area contributed by atoms with E-state index in [-0.39, 0.29) is 11.1 Å². The first kappa shape index (κ1) is 35.3. The Bertz CT molecular complexity index is 641. The fraction of sp³-hybridized carbons (Fsp3) is 0.824. The van der Waals surface area contributed by atoms with Crippen molar-refractivity contribution in [3.05, 3.63) is 35.9 Å². The fourth-order valence-corrected chi connectivity index (χ4v) is 5.45. The molecule has 0 bridgehead atoms. The number of ether oxygens (including phenoxy) is 2. The van der Waals surface area contributed by atoms with Gasteiger partial charge in [0.1, 0.15) is 6.10 Å². The molecular formula is C34H64O3Si. The molecule has 0 amide bonds. The lowest BCUT2D eigenvalue weighted by Crippen LogP contribution is -2.43. The van der Waals surface area contributed by atoms with Gasteiger partial charge in [-0.2, -0.15) is 0 Å². The second kappa shape index (κ2) is 22.1. The van der Waals surface area contributed by atoms with Gasteiger partial charge in [0.05, 0.1) is 19.8 Å². The van der Waals surface area contributed by atoms with Crippen LogP contribution in [0.5, 0.6) is 0 Å². The Labute approximate surface area is 238 Å². The molecule has 0 heterocycles. The molecule has 222 valence electrons. The minimum Gasteiger partial charge on any atom is -0.414 e. The van der Waals surface area contributed by atoms with E-state index in [0.29, 0.717) is 19.8 Å². The van der Waals surface area contributed by atoms with Gasteiger partial charge in [-0.3, -0.25) is 0 Å². The summed E-state index contributed by atoms with van der Waals surface area (Å²) in [5.41, 5.74) is 1.20. The Balaban J connectivity index is 2.08. The molecule has 0 radical (unpaired) electrons. The molecule has 0 saturated heterocycles. The standard InChI is InChI=1S/C34H64O3Si/c1-7-8-9-10-11-12-13-14-15-16-17-18-19-20-21-25-28-35-30-33(31-37-38(5,6)34(2,3)4)36-29-32-26-23-22-24-27-32/h22-24,26-27,33H,7-21,25,28-31H2,1-6H3/t33-/m0/s1. The first-order valence-corrected chi connectivity index (χ1v) is 19.0. The van der Waals surface area contributed by atoms with Crippen molar-refractivity contribution >= 4 is 8.32 Å². The molecule has 1 rings (SSSR count). The zero-order valence-electron chi connectivity index (χ0n) is 26.3. The molecular weight excluding hydrogens is 484 g/mol. The van der Waals surface area contributed by atoms with Gasteiger partial charge in [0.2, 0.25) is 0 Å². The van der Waals surface area contributed by atoms with E-state index in [9.17, 15) is 0 Å². The summed E-state index contributed by atoms with van der Waals surface area (Å²) < 4.78 is 18.8. The number of hydrogen-bond donors (Lipinski definition) is 0. The Kier molecular flexibility index (Phi) is 20.5. The van der Waals surface area contributed by atoms with Crippen molar-refractivity contribution in [3.63, 3.8) is 0 Å². The van der Waals surface area contributed by atoms with Gasteiger partial charge in [-0.1, -0.05) is 154 Å². The fourth-order valence-electron chi connectivity index (χ4n) is 4.42. The van der Waals surface area contributed by atoms with E-state index in [1.807, 2.05) is 6.07 Å². The van der Waals surface area contributed by atoms with Crippen LogP contribution < -0.4 is 0 Å². The third-order valence-electron chi connectivity index (χ3n) is 8.21. The van der Waals surface area contributed by atoms with Crippen LogP contribution in [0.1, 0.15) is 136 Å². The monoisotopic (exact) mass is 548 g/mol. The van der Waals surface area contributed by atoms with Crippen LogP contribution in [-0.2, 0) is 20.5 Å². The molecule has 3 nitrogen and oxygen atoms in total. The molecule has 38 heavy (non-hydrogen) atoms. The molecule has 0 aliphatic heterocycles. The Morgan fingerprint density at radius 1 is 0.658 bits per heavy atom. The third-order valence-corrected chi connectivity index (χ3v) is 12.7. The van der Waals surface area contributed by atoms with Crippen molar-refractivity contribution < 1.29 is 13.9 Å². The number of unbranched alkanes of at least 4 members (excludes halogenated alkanes) is 15. The summed E-state index contributed by atoms with van der Waals surface area (Å²) in [5, 5.41) is 0.200. The van der Waals surface area contributed by atoms with Crippen molar-refractivity contribution in [2.75, 3.05) is 19.8 Å². The second-order valence-electron chi connectivity index (χ2n) is 12.9. The average molecular weight is 549 g/mol. The van der Waals surface area contributed by atoms with Crippen molar-refractivity contribution in [2.24, 2.45) is 0 Å². The molecule has 0 aliphatic rings. The second-order valence-corrected chi connectivity index (χ2v) is 17.7. The molecule has 1 aromatic carbocycles. The molecule has 4 heteroatoms. The summed E-state index contributed by atoms with van der Waals surface area (Å²) in [6, 6.07) is 10.4. The van der Waals surface area contributed by atoms with E-state index in [0.717, 1.165) is 13.0 Å². The number of benzene rings is 1. The average Bonchev–Trinajstić information content (AvgIpc) is 2.89. The Morgan fingerprint density at radius 2 is 1.13 bits per heavy atom. The van der Waals surface area contributed by atoms with Crippen LogP contribution in [0.3, 0.4) is 0 Å². The molecule has 0 spiro atoms. The van der Waals surface area contributed by atoms with Crippen LogP contribution in [0.4, 0.5) is 0 Å². The minimum atomic E-state index is -1.81. The Morgan fingerprint density at radius 3 is 1.61 bits per heavy atom. The van der Waals surface area contributed by atoms with Crippen LogP contribution in [-0.4, -0.2) is 34.2 Å². The zero-order valence-corrected chi connectivity index (χ0v) is 27.3. The first-order valence-electron chi connectivity index (χ1n) is 16.1. The van der Waals surface area contributed by atoms with Gasteiger partial charge in [-0.25, -0.2) is 0 Å². The van der Waals surface area contributed by atoms with Crippen molar-refractivity contribution in [2.45, 2.75) is 161 Å². The molecule has 1 aromatic rings. The van der Waals surface area contributed by atoms with Gasteiger partial charge in [-0.15, -0.1) is 0 Å². The lowest BCUT2D eigenvalue weighted by Gasteiger charge is -2.37. The van der Waals surface area contributed by atoms with Gasteiger partial charge in [0.25, 0.3) is 0 Å². The van der Waals surface area contributed by atoms with Gasteiger partial charge < -0.3 is 13.9 Å². The highest BCUT2D eigenvalue weighted by molar-refractivity contribution is 6.74. The van der Waals surface area contributed by atoms with Gasteiger partial charge in [0.15, 0.2) is 8.32 Å². The SMILES string of the molecule is CCCCCCCCCCCCCCCCCCOC[C@@H](CO[Si](C)(C)C(C)(C)C)OCc1ccccc1. The molecule has 0 saturated carbocycles. The van der Waals surface area contributed by atoms with Gasteiger partial charge >= 0.3 is 0 Å². The topological polar surface area (TPSA) is 27.7 Å². The van der Waals surface area contributed by atoms with E-state index >= 15 is 0 Å². The summed E-state index contributed by atoms with van der Waals surface area (Å²) in [4.78, 5) is 0. The van der Waals surface area contributed by atoms with Gasteiger partial charge in [-0.05, 0) is 30.1 Å². The normalized spacial score (nSPS) is 13.2. The maximum atomic E-state index is 6.47. The summed E-state index contributed by atoms with van der Waals surface area (Å²) in [6.07, 6.45) is 22.3. The van der Waals surface area contributed by atoms with E-state index < -0.39 is 8.32 Å². The van der Waals surface area contributed by atoms with Gasteiger partial charge in [0, 0.05) is 6.61 Å². The predicted molar refractivity (Wildman–Crippen MR) is 169 cm³/mol. The lowest BCUT2D eigenvalue weighted by molar-refractivity contribution is -0.0476. The predicted octanol–water partition coefficient (Wildman–Crippen LogP) is 10.9. The van der Waals surface area contributed by atoms with Crippen LogP contribution in [0.15, 0.2) is 30.3 Å². The summed E-state index contributed by atoms with van der Waals surface area (Å²) in [5.74, 6) is 0. The minimum absolute atomic E-state index is 0.0228. The molecule has 0 N–H and O–H groups in total. The first-order chi connectivity index (χ1) is 18.3. The van der Waals surface area contributed by atoms with Crippen LogP contribution in [0, 0.1) is 0 Å². The largest absolute Gasteiger partial charge is 0.414 e. The van der Waals surface area contributed by atoms with E-state index in [4.69, 9.17) is 13.9 Å². The molecule has 0 unspecified atom stereocenters. The molecule has 0 aliphatic carbocycles. The Hall–Kier alpha value is -0.683. The molecule has 0 fully saturated rings. The van der Waals surface area contributed by atoms with Crippen molar-refractivity contribution in [3.8, 4) is 0 Å². The maximum Gasteiger partial charge on any atom is 0.192 e. The number of rotatable bonds is 25. The summed E-state index contributed by atoms with van der Waals surface area (Å²) >= 11 is 0. The van der Waals surface area contributed by atoms with E-state index in [2.05, 4.69) is 65.1 Å². The molecule has 0 aromatic heterocycles. The van der Waals surface area contributed by atoms with E-state index in [1.165, 1.54) is 102 Å². The van der Waals surface area contributed by atoms with Crippen molar-refractivity contribution in [1.29, 1.82) is 0 Å². The van der Waals surface area contributed by atoms with Crippen molar-refractivity contribution in [1.82, 2.24) is 0 Å². The van der Waals surface area contributed by atoms with E-state index in [1.54, 1.807) is 0 Å². The van der Waals surface area contributed by atoms with Crippen LogP contribution in [0.25, 0.3) is 0 Å². The number of hydrogen-bond acceptors (Lipinski definition) is 3. The smallest absolute Gasteiger partial charge is 0.192 e. The maximum absolute atomic E-state index is 6.47. The highest BCUT2D eigenvalue weighted by Crippen LogP contribution is 2.36. The quantitative estimate of drug-likeness (QED) is 0.0898. The van der Waals surface area contributed by atoms with Crippen LogP contribution in [0.2, 0.25) is 18.1 Å². The van der Waals surface area contributed by atoms with Crippen LogP contribution >= 0.6 is 0 Å². The zero-order chi connectivity index (χ0) is 28.0. The summed E-state index contributed by atoms with van der Waals surface area (Å²) in [7, 11) is -1.81. The summed E-state index contributed by atoms with van der Waals surface area (Å²) in [6.45, 7) is 16.4. The highest BCUT2D eigenvalue weighted by atomic mass is 28.4.